The molecule has 0 bridgehead atoms. The average molecular weight is 523 g/mol. The van der Waals surface area contributed by atoms with E-state index in [0.29, 0.717) is 19.8 Å². The van der Waals surface area contributed by atoms with Crippen LogP contribution in [-0.2, 0) is 32.2 Å². The lowest BCUT2D eigenvalue weighted by Crippen LogP contribution is -2.41. The van der Waals surface area contributed by atoms with Gasteiger partial charge in [-0.15, -0.1) is 0 Å². The van der Waals surface area contributed by atoms with E-state index in [0.717, 1.165) is 24.2 Å². The minimum Gasteiger partial charge on any atom is -0.374 e. The summed E-state index contributed by atoms with van der Waals surface area (Å²) in [6, 6.07) is 20.5. The zero-order chi connectivity index (χ0) is 26.5. The van der Waals surface area contributed by atoms with Gasteiger partial charge in [-0.1, -0.05) is 144 Å². The quantitative estimate of drug-likeness (QED) is 0.121. The number of ether oxygens (including phenoxy) is 4. The maximum absolute atomic E-state index is 6.27. The zero-order valence-electron chi connectivity index (χ0n) is 23.6. The van der Waals surface area contributed by atoms with Crippen LogP contribution in [0.1, 0.15) is 95.1 Å². The highest BCUT2D eigenvalue weighted by atomic mass is 16.7. The Morgan fingerprint density at radius 2 is 1.16 bits per heavy atom. The van der Waals surface area contributed by atoms with Gasteiger partial charge in [-0.3, -0.25) is 0 Å². The summed E-state index contributed by atoms with van der Waals surface area (Å²) in [6.45, 7) is 4.55. The van der Waals surface area contributed by atoms with Gasteiger partial charge in [0.2, 0.25) is 0 Å². The molecule has 0 radical (unpaired) electrons. The second-order valence-electron chi connectivity index (χ2n) is 10.4. The van der Waals surface area contributed by atoms with Gasteiger partial charge in [-0.25, -0.2) is 0 Å². The van der Waals surface area contributed by atoms with E-state index in [9.17, 15) is 0 Å². The monoisotopic (exact) mass is 522 g/mol. The highest BCUT2D eigenvalue weighted by Crippen LogP contribution is 2.20. The molecule has 0 amide bonds. The van der Waals surface area contributed by atoms with E-state index < -0.39 is 0 Å². The molecule has 0 saturated carbocycles. The second-order valence-corrected chi connectivity index (χ2v) is 10.4. The summed E-state index contributed by atoms with van der Waals surface area (Å²) in [5.74, 6) is 0. The summed E-state index contributed by atoms with van der Waals surface area (Å²) >= 11 is 0. The smallest absolute Gasteiger partial charge is 0.177 e. The van der Waals surface area contributed by atoms with Crippen LogP contribution in [0.25, 0.3) is 0 Å². The lowest BCUT2D eigenvalue weighted by Gasteiger charge is -2.32. The van der Waals surface area contributed by atoms with E-state index >= 15 is 0 Å². The molecule has 4 nitrogen and oxygen atoms in total. The van der Waals surface area contributed by atoms with Gasteiger partial charge in [0.25, 0.3) is 0 Å². The molecule has 0 aromatic heterocycles. The van der Waals surface area contributed by atoms with Crippen molar-refractivity contribution < 1.29 is 18.9 Å². The highest BCUT2D eigenvalue weighted by Gasteiger charge is 2.28. The molecule has 0 spiro atoms. The molecule has 2 aromatic rings. The molecule has 3 rings (SSSR count). The first-order valence-electron chi connectivity index (χ1n) is 15.1. The number of benzene rings is 2. The van der Waals surface area contributed by atoms with Gasteiger partial charge in [-0.2, -0.15) is 0 Å². The number of rotatable bonds is 21. The van der Waals surface area contributed by atoms with Crippen molar-refractivity contribution in [2.24, 2.45) is 0 Å². The van der Waals surface area contributed by atoms with Crippen molar-refractivity contribution in [1.82, 2.24) is 0 Å². The molecule has 0 fully saturated rings. The molecule has 0 N–H and O–H groups in total. The first-order chi connectivity index (χ1) is 18.8. The topological polar surface area (TPSA) is 36.9 Å². The van der Waals surface area contributed by atoms with E-state index in [2.05, 4.69) is 37.3 Å². The lowest BCUT2D eigenvalue weighted by atomic mass is 10.1. The Balaban J connectivity index is 1.31. The Kier molecular flexibility index (Phi) is 16.1. The van der Waals surface area contributed by atoms with E-state index in [1.165, 1.54) is 70.6 Å². The number of unbranched alkanes of at least 4 members (excludes halogenated alkanes) is 11. The number of hydrogen-bond acceptors (Lipinski definition) is 4. The van der Waals surface area contributed by atoms with Gasteiger partial charge in [0.1, 0.15) is 12.2 Å². The molecular weight excluding hydrogens is 472 g/mol. The first kappa shape index (κ1) is 30.6. The fourth-order valence-electron chi connectivity index (χ4n) is 4.79. The zero-order valence-corrected chi connectivity index (χ0v) is 23.6. The van der Waals surface area contributed by atoms with Crippen LogP contribution < -0.4 is 0 Å². The molecule has 38 heavy (non-hydrogen) atoms. The van der Waals surface area contributed by atoms with Crippen LogP contribution >= 0.6 is 0 Å². The summed E-state index contributed by atoms with van der Waals surface area (Å²) in [6.07, 6.45) is 19.4. The van der Waals surface area contributed by atoms with Crippen LogP contribution in [0.2, 0.25) is 0 Å². The van der Waals surface area contributed by atoms with E-state index in [1.807, 2.05) is 42.5 Å². The predicted octanol–water partition coefficient (Wildman–Crippen LogP) is 8.79. The van der Waals surface area contributed by atoms with Crippen molar-refractivity contribution in [3.05, 3.63) is 83.9 Å². The molecule has 3 atom stereocenters. The molecule has 1 aliphatic rings. The van der Waals surface area contributed by atoms with Gasteiger partial charge in [0.05, 0.1) is 26.4 Å². The fraction of sp³-hybridized carbons (Fsp3) is 0.588. The summed E-state index contributed by atoms with van der Waals surface area (Å²) in [7, 11) is 0. The minimum absolute atomic E-state index is 0.169. The van der Waals surface area contributed by atoms with Crippen molar-refractivity contribution in [1.29, 1.82) is 0 Å². The highest BCUT2D eigenvalue weighted by molar-refractivity contribution is 5.14. The van der Waals surface area contributed by atoms with Crippen LogP contribution in [0.4, 0.5) is 0 Å². The lowest BCUT2D eigenvalue weighted by molar-refractivity contribution is -0.195. The molecule has 2 aromatic carbocycles. The van der Waals surface area contributed by atoms with Gasteiger partial charge in [0, 0.05) is 0 Å². The second kappa shape index (κ2) is 20.0. The Bertz CT molecular complexity index is 838. The molecule has 0 saturated heterocycles. The van der Waals surface area contributed by atoms with Crippen LogP contribution in [0.3, 0.4) is 0 Å². The maximum Gasteiger partial charge on any atom is 0.177 e. The molecule has 0 aliphatic carbocycles. The standard InChI is InChI=1S/C34H50O4/c1-2-3-4-5-6-7-8-9-10-11-12-19-26-36-34-25-24-32(37-28-31-22-17-14-18-23-31)33(38-34)29-35-27-30-20-15-13-16-21-30/h13-18,20-25,32-34H,2-12,19,26-29H2,1H3/t32-,33-,34+/m1/s1. The summed E-state index contributed by atoms with van der Waals surface area (Å²) < 4.78 is 24.6. The third kappa shape index (κ3) is 13.2. The Labute approximate surface area is 231 Å². The van der Waals surface area contributed by atoms with Gasteiger partial charge in [-0.05, 0) is 23.6 Å². The molecule has 0 unspecified atom stereocenters. The molecule has 1 heterocycles. The van der Waals surface area contributed by atoms with Gasteiger partial charge >= 0.3 is 0 Å². The molecule has 1 aliphatic heterocycles. The third-order valence-corrected chi connectivity index (χ3v) is 7.09. The predicted molar refractivity (Wildman–Crippen MR) is 156 cm³/mol. The summed E-state index contributed by atoms with van der Waals surface area (Å²) in [4.78, 5) is 0. The fourth-order valence-corrected chi connectivity index (χ4v) is 4.79. The largest absolute Gasteiger partial charge is 0.374 e. The van der Waals surface area contributed by atoms with E-state index in [1.54, 1.807) is 0 Å². The Morgan fingerprint density at radius 3 is 1.76 bits per heavy atom. The van der Waals surface area contributed by atoms with Crippen LogP contribution in [0.15, 0.2) is 72.8 Å². The maximum atomic E-state index is 6.27. The minimum atomic E-state index is -0.343. The van der Waals surface area contributed by atoms with Gasteiger partial charge < -0.3 is 18.9 Å². The van der Waals surface area contributed by atoms with Crippen LogP contribution in [-0.4, -0.2) is 31.7 Å². The summed E-state index contributed by atoms with van der Waals surface area (Å²) in [5, 5.41) is 0. The van der Waals surface area contributed by atoms with Crippen LogP contribution in [0.5, 0.6) is 0 Å². The van der Waals surface area contributed by atoms with Crippen molar-refractivity contribution in [3.8, 4) is 0 Å². The van der Waals surface area contributed by atoms with Gasteiger partial charge in [0.15, 0.2) is 6.29 Å². The van der Waals surface area contributed by atoms with Crippen molar-refractivity contribution in [3.63, 3.8) is 0 Å². The van der Waals surface area contributed by atoms with Crippen molar-refractivity contribution >= 4 is 0 Å². The number of hydrogen-bond donors (Lipinski definition) is 0. The SMILES string of the molecule is CCCCCCCCCCCCCCO[C@@H]1C=C[C@@H](OCc2ccccc2)[C@@H](COCc2ccccc2)O1. The van der Waals surface area contributed by atoms with Crippen LogP contribution in [0, 0.1) is 0 Å². The Morgan fingerprint density at radius 1 is 0.605 bits per heavy atom. The normalized spacial score (nSPS) is 19.1. The third-order valence-electron chi connectivity index (χ3n) is 7.09. The summed E-state index contributed by atoms with van der Waals surface area (Å²) in [5.41, 5.74) is 2.30. The molecule has 210 valence electrons. The first-order valence-corrected chi connectivity index (χ1v) is 15.1. The van der Waals surface area contributed by atoms with Crippen molar-refractivity contribution in [2.75, 3.05) is 13.2 Å². The van der Waals surface area contributed by atoms with E-state index in [-0.39, 0.29) is 18.5 Å². The Hall–Kier alpha value is -1.98. The van der Waals surface area contributed by atoms with Crippen molar-refractivity contribution in [2.45, 2.75) is 116 Å². The van der Waals surface area contributed by atoms with E-state index in [4.69, 9.17) is 18.9 Å². The molecule has 4 heteroatoms. The molecular formula is C34H50O4. The average Bonchev–Trinajstić information content (AvgIpc) is 2.96.